The molecule has 0 aliphatic carbocycles. The molecule has 2 aromatic rings. The minimum atomic E-state index is -3.90. The molecule has 1 aliphatic heterocycles. The van der Waals surface area contributed by atoms with E-state index in [9.17, 15) is 23.3 Å². The van der Waals surface area contributed by atoms with Gasteiger partial charge in [-0.3, -0.25) is 19.2 Å². The summed E-state index contributed by atoms with van der Waals surface area (Å²) in [7, 11) is -3.90. The molecule has 1 fully saturated rings. The summed E-state index contributed by atoms with van der Waals surface area (Å²) >= 11 is 0. The van der Waals surface area contributed by atoms with Crippen LogP contribution in [0.1, 0.15) is 31.7 Å². The van der Waals surface area contributed by atoms with E-state index in [1.165, 1.54) is 31.5 Å². The summed E-state index contributed by atoms with van der Waals surface area (Å²) < 4.78 is 26.0. The molecule has 9 nitrogen and oxygen atoms in total. The molecule has 0 bridgehead atoms. The lowest BCUT2D eigenvalue weighted by Gasteiger charge is -2.30. The highest BCUT2D eigenvalue weighted by Crippen LogP contribution is 2.30. The van der Waals surface area contributed by atoms with Crippen LogP contribution < -0.4 is 14.5 Å². The Labute approximate surface area is 188 Å². The molecule has 0 aromatic heterocycles. The number of nitro groups is 1. The quantitative estimate of drug-likeness (QED) is 0.498. The van der Waals surface area contributed by atoms with E-state index in [-0.39, 0.29) is 11.4 Å². The maximum atomic E-state index is 12.9. The van der Waals surface area contributed by atoms with Crippen molar-refractivity contribution in [2.75, 3.05) is 33.9 Å². The number of piperidine rings is 1. The molecule has 32 heavy (non-hydrogen) atoms. The second kappa shape index (κ2) is 9.56. The van der Waals surface area contributed by atoms with Crippen molar-refractivity contribution in [3.05, 3.63) is 58.1 Å². The second-order valence-electron chi connectivity index (χ2n) is 8.05. The third-order valence-corrected chi connectivity index (χ3v) is 6.81. The van der Waals surface area contributed by atoms with E-state index >= 15 is 0 Å². The molecular formula is C22H28N4O5S. The topological polar surface area (TPSA) is 113 Å². The fourth-order valence-corrected chi connectivity index (χ4v) is 5.11. The Bertz CT molecular complexity index is 1100. The number of carbonyl (C=O) groups is 1. The van der Waals surface area contributed by atoms with Crippen molar-refractivity contribution in [1.82, 2.24) is 0 Å². The summed E-state index contributed by atoms with van der Waals surface area (Å²) in [6.07, 6.45) is 4.54. The van der Waals surface area contributed by atoms with Crippen LogP contribution in [0.5, 0.6) is 0 Å². The van der Waals surface area contributed by atoms with Crippen molar-refractivity contribution >= 4 is 38.7 Å². The van der Waals surface area contributed by atoms with Crippen molar-refractivity contribution in [2.45, 2.75) is 39.2 Å². The number of nitro benzene ring substituents is 1. The Morgan fingerprint density at radius 3 is 2.31 bits per heavy atom. The Kier molecular flexibility index (Phi) is 7.02. The van der Waals surface area contributed by atoms with Gasteiger partial charge in [-0.2, -0.15) is 0 Å². The molecule has 3 rings (SSSR count). The molecule has 1 amide bonds. The van der Waals surface area contributed by atoms with Crippen LogP contribution in [0.3, 0.4) is 0 Å². The van der Waals surface area contributed by atoms with Crippen LogP contribution in [0.15, 0.2) is 42.5 Å². The van der Waals surface area contributed by atoms with Crippen LogP contribution in [-0.2, 0) is 14.8 Å². The molecule has 0 saturated carbocycles. The summed E-state index contributed by atoms with van der Waals surface area (Å²) in [6, 6.07) is 10.3. The summed E-state index contributed by atoms with van der Waals surface area (Å²) in [5, 5.41) is 13.9. The Balaban J connectivity index is 1.81. The fourth-order valence-electron chi connectivity index (χ4n) is 3.88. The van der Waals surface area contributed by atoms with Crippen LogP contribution in [0.4, 0.5) is 22.7 Å². The number of nitrogens with one attached hydrogen (secondary N) is 1. The maximum Gasteiger partial charge on any atom is 0.271 e. The maximum absolute atomic E-state index is 12.9. The first kappa shape index (κ1) is 23.5. The molecule has 1 saturated heterocycles. The van der Waals surface area contributed by atoms with E-state index in [0.717, 1.165) is 42.2 Å². The number of nitrogens with zero attached hydrogens (tertiary/aromatic N) is 3. The molecule has 1 unspecified atom stereocenters. The zero-order chi connectivity index (χ0) is 23.5. The van der Waals surface area contributed by atoms with E-state index in [1.54, 1.807) is 19.1 Å². The average Bonchev–Trinajstić information content (AvgIpc) is 2.75. The molecule has 0 spiro atoms. The standard InChI is InChI=1S/C22H28N4O5S/c1-16-7-10-20(26(28)29)15-21(16)25(32(3,30)31)17(2)22(27)23-18-8-11-19(12-9-18)24-13-5-4-6-14-24/h7-12,15,17H,4-6,13-14H2,1-3H3,(H,23,27). The minimum Gasteiger partial charge on any atom is -0.372 e. The molecule has 172 valence electrons. The van der Waals surface area contributed by atoms with Gasteiger partial charge in [0.05, 0.1) is 16.9 Å². The largest absolute Gasteiger partial charge is 0.372 e. The summed E-state index contributed by atoms with van der Waals surface area (Å²) in [5.41, 5.74) is 1.99. The SMILES string of the molecule is Cc1ccc([N+](=O)[O-])cc1N(C(C)C(=O)Nc1ccc(N2CCCCC2)cc1)S(C)(=O)=O. The highest BCUT2D eigenvalue weighted by molar-refractivity contribution is 7.92. The monoisotopic (exact) mass is 460 g/mol. The van der Waals surface area contributed by atoms with Gasteiger partial charge in [0.2, 0.25) is 15.9 Å². The molecule has 1 atom stereocenters. The number of hydrogen-bond acceptors (Lipinski definition) is 6. The fraction of sp³-hybridized carbons (Fsp3) is 0.409. The molecule has 1 aliphatic rings. The van der Waals surface area contributed by atoms with Crippen molar-refractivity contribution in [2.24, 2.45) is 0 Å². The van der Waals surface area contributed by atoms with Crippen LogP contribution in [-0.4, -0.2) is 44.6 Å². The van der Waals surface area contributed by atoms with Gasteiger partial charge >= 0.3 is 0 Å². The number of non-ortho nitro benzene ring substituents is 1. The van der Waals surface area contributed by atoms with E-state index < -0.39 is 26.9 Å². The Morgan fingerprint density at radius 1 is 1.12 bits per heavy atom. The number of rotatable bonds is 7. The van der Waals surface area contributed by atoms with E-state index in [2.05, 4.69) is 10.2 Å². The van der Waals surface area contributed by atoms with E-state index in [0.29, 0.717) is 11.3 Å². The average molecular weight is 461 g/mol. The van der Waals surface area contributed by atoms with Crippen LogP contribution in [0, 0.1) is 17.0 Å². The van der Waals surface area contributed by atoms with Gasteiger partial charge < -0.3 is 10.2 Å². The van der Waals surface area contributed by atoms with Gasteiger partial charge in [0.15, 0.2) is 0 Å². The normalized spacial score (nSPS) is 15.2. The van der Waals surface area contributed by atoms with Crippen molar-refractivity contribution < 1.29 is 18.1 Å². The molecule has 10 heteroatoms. The van der Waals surface area contributed by atoms with Gasteiger partial charge in [0.25, 0.3) is 5.69 Å². The smallest absolute Gasteiger partial charge is 0.271 e. The zero-order valence-corrected chi connectivity index (χ0v) is 19.3. The van der Waals surface area contributed by atoms with E-state index in [1.807, 2.05) is 12.1 Å². The van der Waals surface area contributed by atoms with Crippen LogP contribution >= 0.6 is 0 Å². The predicted octanol–water partition coefficient (Wildman–Crippen LogP) is 3.69. The first-order valence-electron chi connectivity index (χ1n) is 10.5. The van der Waals surface area contributed by atoms with Crippen LogP contribution in [0.2, 0.25) is 0 Å². The molecule has 2 aromatic carbocycles. The van der Waals surface area contributed by atoms with E-state index in [4.69, 9.17) is 0 Å². The first-order valence-corrected chi connectivity index (χ1v) is 12.3. The van der Waals surface area contributed by atoms with Crippen LogP contribution in [0.25, 0.3) is 0 Å². The third-order valence-electron chi connectivity index (χ3n) is 5.59. The molecular weight excluding hydrogens is 432 g/mol. The second-order valence-corrected chi connectivity index (χ2v) is 9.91. The van der Waals surface area contributed by atoms with Gasteiger partial charge in [-0.15, -0.1) is 0 Å². The lowest BCUT2D eigenvalue weighted by Crippen LogP contribution is -2.45. The number of sulfonamides is 1. The van der Waals surface area contributed by atoms with Gasteiger partial charge in [-0.05, 0) is 62.9 Å². The predicted molar refractivity (Wildman–Crippen MR) is 126 cm³/mol. The number of aryl methyl sites for hydroxylation is 1. The lowest BCUT2D eigenvalue weighted by molar-refractivity contribution is -0.384. The third kappa shape index (κ3) is 5.37. The highest BCUT2D eigenvalue weighted by atomic mass is 32.2. The van der Waals surface area contributed by atoms with Gasteiger partial charge in [-0.25, -0.2) is 8.42 Å². The summed E-state index contributed by atoms with van der Waals surface area (Å²) in [5.74, 6) is -0.535. The Hall–Kier alpha value is -3.14. The first-order chi connectivity index (χ1) is 15.1. The van der Waals surface area contributed by atoms with Gasteiger partial charge in [-0.1, -0.05) is 6.07 Å². The molecule has 1 N–H and O–H groups in total. The number of amides is 1. The molecule has 0 radical (unpaired) electrons. The van der Waals surface area contributed by atoms with Crippen molar-refractivity contribution in [3.63, 3.8) is 0 Å². The number of benzene rings is 2. The van der Waals surface area contributed by atoms with Crippen molar-refractivity contribution in [3.8, 4) is 0 Å². The lowest BCUT2D eigenvalue weighted by atomic mass is 10.1. The number of carbonyl (C=O) groups excluding carboxylic acids is 1. The summed E-state index contributed by atoms with van der Waals surface area (Å²) in [6.45, 7) is 5.11. The van der Waals surface area contributed by atoms with Gasteiger partial charge in [0.1, 0.15) is 6.04 Å². The number of hydrogen-bond donors (Lipinski definition) is 1. The Morgan fingerprint density at radius 2 is 1.75 bits per heavy atom. The number of anilines is 3. The molecule has 1 heterocycles. The highest BCUT2D eigenvalue weighted by Gasteiger charge is 2.31. The van der Waals surface area contributed by atoms with Gasteiger partial charge in [0, 0.05) is 36.6 Å². The zero-order valence-electron chi connectivity index (χ0n) is 18.4. The summed E-state index contributed by atoms with van der Waals surface area (Å²) in [4.78, 5) is 25.8. The van der Waals surface area contributed by atoms with Crippen molar-refractivity contribution in [1.29, 1.82) is 0 Å². The minimum absolute atomic E-state index is 0.102.